The SMILES string of the molecule is CCC1C(=O)N(C)c2cnc(Nc3ccc(C(=O)NC4CCCCC4)cc3OC)nc2N1C(C)C. The molecule has 2 N–H and O–H groups in total. The van der Waals surface area contributed by atoms with Gasteiger partial charge in [-0.05, 0) is 51.3 Å². The highest BCUT2D eigenvalue weighted by Crippen LogP contribution is 2.37. The lowest BCUT2D eigenvalue weighted by molar-refractivity contribution is -0.120. The quantitative estimate of drug-likeness (QED) is 0.611. The predicted molar refractivity (Wildman–Crippen MR) is 138 cm³/mol. The molecule has 1 aromatic carbocycles. The van der Waals surface area contributed by atoms with Gasteiger partial charge in [-0.1, -0.05) is 26.2 Å². The largest absolute Gasteiger partial charge is 0.495 e. The number of carbonyl (C=O) groups is 2. The van der Waals surface area contributed by atoms with Crippen molar-refractivity contribution in [3.05, 3.63) is 30.0 Å². The Labute approximate surface area is 207 Å². The van der Waals surface area contributed by atoms with Crippen molar-refractivity contribution in [1.29, 1.82) is 0 Å². The van der Waals surface area contributed by atoms with Crippen molar-refractivity contribution in [3.63, 3.8) is 0 Å². The van der Waals surface area contributed by atoms with E-state index in [1.807, 2.05) is 13.0 Å². The minimum atomic E-state index is -0.272. The first kappa shape index (κ1) is 24.8. The summed E-state index contributed by atoms with van der Waals surface area (Å²) >= 11 is 0. The van der Waals surface area contributed by atoms with E-state index in [4.69, 9.17) is 9.72 Å². The van der Waals surface area contributed by atoms with Crippen molar-refractivity contribution in [2.24, 2.45) is 0 Å². The average Bonchev–Trinajstić information content (AvgIpc) is 2.86. The Bertz CT molecular complexity index is 1080. The molecule has 4 rings (SSSR count). The van der Waals surface area contributed by atoms with E-state index in [2.05, 4.69) is 34.4 Å². The molecule has 1 atom stereocenters. The van der Waals surface area contributed by atoms with Gasteiger partial charge in [0, 0.05) is 24.7 Å². The first-order valence-corrected chi connectivity index (χ1v) is 12.5. The molecule has 2 aliphatic rings. The third-order valence-electron chi connectivity index (χ3n) is 6.90. The average molecular weight is 481 g/mol. The van der Waals surface area contributed by atoms with Crippen LogP contribution in [0, 0.1) is 0 Å². The van der Waals surface area contributed by atoms with E-state index in [9.17, 15) is 9.59 Å². The molecule has 35 heavy (non-hydrogen) atoms. The summed E-state index contributed by atoms with van der Waals surface area (Å²) < 4.78 is 5.57. The van der Waals surface area contributed by atoms with Crippen molar-refractivity contribution < 1.29 is 14.3 Å². The van der Waals surface area contributed by atoms with Gasteiger partial charge in [0.15, 0.2) is 5.82 Å². The number of ether oxygens (including phenoxy) is 1. The molecule has 9 nitrogen and oxygen atoms in total. The van der Waals surface area contributed by atoms with Gasteiger partial charge < -0.3 is 25.2 Å². The fourth-order valence-corrected chi connectivity index (χ4v) is 5.01. The van der Waals surface area contributed by atoms with E-state index in [-0.39, 0.29) is 29.9 Å². The number of rotatable bonds is 7. The molecule has 188 valence electrons. The Morgan fingerprint density at radius 1 is 1.23 bits per heavy atom. The Hall–Kier alpha value is -3.36. The summed E-state index contributed by atoms with van der Waals surface area (Å²) in [6.45, 7) is 6.12. The maximum absolute atomic E-state index is 12.9. The number of amides is 2. The lowest BCUT2D eigenvalue weighted by Crippen LogP contribution is -2.54. The van der Waals surface area contributed by atoms with Gasteiger partial charge >= 0.3 is 0 Å². The zero-order chi connectivity index (χ0) is 25.1. The highest BCUT2D eigenvalue weighted by atomic mass is 16.5. The van der Waals surface area contributed by atoms with E-state index in [0.717, 1.165) is 25.7 Å². The molecule has 2 aromatic rings. The smallest absolute Gasteiger partial charge is 0.251 e. The standard InChI is InChI=1S/C26H36N6O3/c1-6-20-25(34)31(4)21-15-27-26(30-23(21)32(20)16(2)3)29-19-13-12-17(14-22(19)35-5)24(33)28-18-10-8-7-9-11-18/h12-16,18,20H,6-11H2,1-5H3,(H,28,33)(H,27,29,30). The number of likely N-dealkylation sites (N-methyl/N-ethyl adjacent to an activating group) is 1. The van der Waals surface area contributed by atoms with Gasteiger partial charge in [0.05, 0.1) is 19.0 Å². The van der Waals surface area contributed by atoms with Crippen LogP contribution in [0.15, 0.2) is 24.4 Å². The predicted octanol–water partition coefficient (Wildman–Crippen LogP) is 4.26. The van der Waals surface area contributed by atoms with Gasteiger partial charge in [-0.2, -0.15) is 4.98 Å². The zero-order valence-corrected chi connectivity index (χ0v) is 21.3. The molecule has 1 aliphatic carbocycles. The number of nitrogens with one attached hydrogen (secondary N) is 2. The van der Waals surface area contributed by atoms with Crippen LogP contribution >= 0.6 is 0 Å². The molecule has 0 saturated heterocycles. The molecule has 1 saturated carbocycles. The first-order chi connectivity index (χ1) is 16.8. The number of carbonyl (C=O) groups excluding carboxylic acids is 2. The van der Waals surface area contributed by atoms with Gasteiger partial charge in [-0.3, -0.25) is 9.59 Å². The van der Waals surface area contributed by atoms with Crippen molar-refractivity contribution in [1.82, 2.24) is 15.3 Å². The second-order valence-corrected chi connectivity index (χ2v) is 9.57. The van der Waals surface area contributed by atoms with E-state index >= 15 is 0 Å². The summed E-state index contributed by atoms with van der Waals surface area (Å²) in [5.41, 5.74) is 1.90. The minimum Gasteiger partial charge on any atom is -0.495 e. The van der Waals surface area contributed by atoms with Crippen LogP contribution in [0.3, 0.4) is 0 Å². The second kappa shape index (κ2) is 10.5. The summed E-state index contributed by atoms with van der Waals surface area (Å²) in [4.78, 5) is 38.6. The molecular formula is C26H36N6O3. The number of methoxy groups -OCH3 is 1. The van der Waals surface area contributed by atoms with Crippen LogP contribution in [0.1, 0.15) is 69.7 Å². The van der Waals surface area contributed by atoms with Gasteiger partial charge in [0.25, 0.3) is 5.91 Å². The molecule has 0 bridgehead atoms. The van der Waals surface area contributed by atoms with Crippen LogP contribution in [-0.4, -0.2) is 54.1 Å². The Kier molecular flexibility index (Phi) is 7.42. The molecule has 1 fully saturated rings. The van der Waals surface area contributed by atoms with Crippen LogP contribution in [-0.2, 0) is 4.79 Å². The topological polar surface area (TPSA) is 99.7 Å². The Morgan fingerprint density at radius 2 is 1.97 bits per heavy atom. The lowest BCUT2D eigenvalue weighted by atomic mass is 9.95. The summed E-state index contributed by atoms with van der Waals surface area (Å²) in [7, 11) is 3.34. The van der Waals surface area contributed by atoms with E-state index in [1.54, 1.807) is 37.4 Å². The molecule has 1 aliphatic heterocycles. The molecule has 9 heteroatoms. The number of anilines is 4. The van der Waals surface area contributed by atoms with Crippen molar-refractivity contribution in [2.45, 2.75) is 77.4 Å². The molecular weight excluding hydrogens is 444 g/mol. The molecule has 2 amide bonds. The first-order valence-electron chi connectivity index (χ1n) is 12.5. The summed E-state index contributed by atoms with van der Waals surface area (Å²) in [5.74, 6) is 1.60. The molecule has 2 heterocycles. The zero-order valence-electron chi connectivity index (χ0n) is 21.3. The van der Waals surface area contributed by atoms with Crippen molar-refractivity contribution >= 4 is 35.0 Å². The van der Waals surface area contributed by atoms with Crippen molar-refractivity contribution in [3.8, 4) is 5.75 Å². The van der Waals surface area contributed by atoms with Crippen LogP contribution in [0.25, 0.3) is 0 Å². The van der Waals surface area contributed by atoms with Gasteiger partial charge in [-0.15, -0.1) is 0 Å². The maximum atomic E-state index is 12.9. The normalized spacial score (nSPS) is 18.5. The fraction of sp³-hybridized carbons (Fsp3) is 0.538. The molecule has 0 radical (unpaired) electrons. The van der Waals surface area contributed by atoms with Gasteiger partial charge in [0.2, 0.25) is 11.9 Å². The molecule has 0 spiro atoms. The van der Waals surface area contributed by atoms with Gasteiger partial charge in [0.1, 0.15) is 17.5 Å². The van der Waals surface area contributed by atoms with Crippen molar-refractivity contribution in [2.75, 3.05) is 29.3 Å². The molecule has 1 unspecified atom stereocenters. The van der Waals surface area contributed by atoms with E-state index < -0.39 is 0 Å². The molecule has 1 aromatic heterocycles. The summed E-state index contributed by atoms with van der Waals surface area (Å²) in [6, 6.07) is 5.38. The number of nitrogens with zero attached hydrogens (tertiary/aromatic N) is 4. The van der Waals surface area contributed by atoms with Crippen LogP contribution < -0.4 is 25.2 Å². The maximum Gasteiger partial charge on any atom is 0.251 e. The number of hydrogen-bond acceptors (Lipinski definition) is 7. The van der Waals surface area contributed by atoms with E-state index in [0.29, 0.717) is 40.9 Å². The summed E-state index contributed by atoms with van der Waals surface area (Å²) in [5, 5.41) is 6.38. The number of benzene rings is 1. The van der Waals surface area contributed by atoms with Crippen LogP contribution in [0.4, 0.5) is 23.1 Å². The second-order valence-electron chi connectivity index (χ2n) is 9.57. The Morgan fingerprint density at radius 3 is 2.63 bits per heavy atom. The van der Waals surface area contributed by atoms with E-state index in [1.165, 1.54) is 6.42 Å². The third-order valence-corrected chi connectivity index (χ3v) is 6.90. The van der Waals surface area contributed by atoms with Crippen LogP contribution in [0.2, 0.25) is 0 Å². The third kappa shape index (κ3) is 5.04. The number of hydrogen-bond donors (Lipinski definition) is 2. The fourth-order valence-electron chi connectivity index (χ4n) is 5.01. The number of fused-ring (bicyclic) bond motifs is 1. The lowest BCUT2D eigenvalue weighted by Gasteiger charge is -2.42. The highest BCUT2D eigenvalue weighted by Gasteiger charge is 2.38. The highest BCUT2D eigenvalue weighted by molar-refractivity contribution is 6.04. The minimum absolute atomic E-state index is 0.0433. The Balaban J connectivity index is 1.58. The monoisotopic (exact) mass is 480 g/mol. The van der Waals surface area contributed by atoms with Crippen LogP contribution in [0.5, 0.6) is 5.75 Å². The summed E-state index contributed by atoms with van der Waals surface area (Å²) in [6.07, 6.45) is 7.99. The van der Waals surface area contributed by atoms with Gasteiger partial charge in [-0.25, -0.2) is 4.98 Å². The number of aromatic nitrogens is 2.